The van der Waals surface area contributed by atoms with Crippen molar-refractivity contribution in [2.45, 2.75) is 0 Å². The Bertz CT molecular complexity index is 2760. The van der Waals surface area contributed by atoms with Crippen LogP contribution in [-0.4, -0.2) is 19.1 Å². The highest BCUT2D eigenvalue weighted by Crippen LogP contribution is 2.40. The summed E-state index contributed by atoms with van der Waals surface area (Å²) < 4.78 is 4.67. The molecule has 0 saturated carbocycles. The molecule has 0 unspecified atom stereocenters. The maximum absolute atomic E-state index is 5.26. The number of nitrogens with zero attached hydrogens (tertiary/aromatic N) is 4. The van der Waals surface area contributed by atoms with E-state index in [0.717, 1.165) is 44.8 Å². The summed E-state index contributed by atoms with van der Waals surface area (Å²) in [6.45, 7) is 0. The quantitative estimate of drug-likeness (QED) is 0.198. The van der Waals surface area contributed by atoms with Gasteiger partial charge in [-0.1, -0.05) is 133 Å². The van der Waals surface area contributed by atoms with E-state index < -0.39 is 0 Å². The van der Waals surface area contributed by atoms with Crippen LogP contribution < -0.4 is 0 Å². The fourth-order valence-corrected chi connectivity index (χ4v) is 7.36. The Hall–Kier alpha value is -6.52. The van der Waals surface area contributed by atoms with Gasteiger partial charge in [-0.15, -0.1) is 0 Å². The predicted molar refractivity (Wildman–Crippen MR) is 199 cm³/mol. The van der Waals surface area contributed by atoms with Crippen LogP contribution in [0.15, 0.2) is 170 Å². The second-order valence-corrected chi connectivity index (χ2v) is 12.3. The minimum absolute atomic E-state index is 0.647. The summed E-state index contributed by atoms with van der Waals surface area (Å²) in [5, 5.41) is 7.23. The van der Waals surface area contributed by atoms with Crippen molar-refractivity contribution in [1.29, 1.82) is 0 Å². The van der Waals surface area contributed by atoms with Gasteiger partial charge in [0.25, 0.3) is 0 Å². The fraction of sp³-hybridized carbons (Fsp3) is 0. The molecule has 0 atom stereocenters. The van der Waals surface area contributed by atoms with Crippen molar-refractivity contribution in [2.24, 2.45) is 0 Å². The van der Waals surface area contributed by atoms with E-state index in [1.54, 1.807) is 0 Å². The molecule has 0 spiro atoms. The molecular formula is C44H28N4. The smallest absolute Gasteiger partial charge is 0.235 e. The van der Waals surface area contributed by atoms with E-state index in [1.165, 1.54) is 37.8 Å². The number of benzene rings is 7. The van der Waals surface area contributed by atoms with Gasteiger partial charge in [-0.3, -0.25) is 4.57 Å². The molecule has 0 saturated heterocycles. The van der Waals surface area contributed by atoms with Crippen LogP contribution >= 0.6 is 0 Å². The van der Waals surface area contributed by atoms with Gasteiger partial charge in [-0.2, -0.15) is 0 Å². The molecule has 0 radical (unpaired) electrons. The zero-order valence-electron chi connectivity index (χ0n) is 26.0. The molecule has 7 aromatic carbocycles. The minimum Gasteiger partial charge on any atom is -0.309 e. The Morgan fingerprint density at radius 1 is 0.333 bits per heavy atom. The normalized spacial score (nSPS) is 11.8. The fourth-order valence-electron chi connectivity index (χ4n) is 7.36. The average Bonchev–Trinajstić information content (AvgIpc) is 3.66. The number of hydrogen-bond donors (Lipinski definition) is 0. The summed E-state index contributed by atoms with van der Waals surface area (Å²) in [5.41, 5.74) is 9.51. The second kappa shape index (κ2) is 10.5. The van der Waals surface area contributed by atoms with Crippen LogP contribution in [0.3, 0.4) is 0 Å². The Morgan fingerprint density at radius 3 is 1.48 bits per heavy atom. The molecule has 0 amide bonds. The van der Waals surface area contributed by atoms with Gasteiger partial charge in [0.15, 0.2) is 0 Å². The zero-order valence-corrected chi connectivity index (χ0v) is 26.0. The Labute approximate surface area is 276 Å². The Balaban J connectivity index is 1.34. The van der Waals surface area contributed by atoms with Crippen molar-refractivity contribution in [3.05, 3.63) is 170 Å². The van der Waals surface area contributed by atoms with Gasteiger partial charge < -0.3 is 4.57 Å². The third-order valence-electron chi connectivity index (χ3n) is 9.53. The lowest BCUT2D eigenvalue weighted by molar-refractivity contribution is 0.995. The van der Waals surface area contributed by atoms with Crippen LogP contribution in [0.1, 0.15) is 0 Å². The minimum atomic E-state index is 0.647. The van der Waals surface area contributed by atoms with Gasteiger partial charge in [-0.25, -0.2) is 9.97 Å². The average molecular weight is 613 g/mol. The van der Waals surface area contributed by atoms with Crippen molar-refractivity contribution in [3.8, 4) is 34.2 Å². The van der Waals surface area contributed by atoms with Crippen LogP contribution in [0.5, 0.6) is 0 Å². The van der Waals surface area contributed by atoms with Crippen LogP contribution in [0.4, 0.5) is 0 Å². The summed E-state index contributed by atoms with van der Waals surface area (Å²) in [7, 11) is 0. The van der Waals surface area contributed by atoms with E-state index in [-0.39, 0.29) is 0 Å². The lowest BCUT2D eigenvalue weighted by atomic mass is 10.1. The van der Waals surface area contributed by atoms with Gasteiger partial charge in [0.2, 0.25) is 5.95 Å². The number of fused-ring (bicyclic) bond motifs is 7. The highest BCUT2D eigenvalue weighted by atomic mass is 15.2. The highest BCUT2D eigenvalue weighted by Gasteiger charge is 2.21. The first kappa shape index (κ1) is 26.7. The first-order valence-corrected chi connectivity index (χ1v) is 16.3. The standard InChI is InChI=1S/C44H28N4/c1-3-15-30(16-4-1)37-27-38(31-17-5-2-6-18-31)46-44(45-37)48-41-24-12-10-22-34(41)36-26-35-33-21-9-11-23-40(33)47(42(35)28-43(36)48)39-25-13-19-29-14-7-8-20-32(29)39/h1-28H. The summed E-state index contributed by atoms with van der Waals surface area (Å²) in [6.07, 6.45) is 0. The van der Waals surface area contributed by atoms with Crippen molar-refractivity contribution in [1.82, 2.24) is 19.1 Å². The van der Waals surface area contributed by atoms with Crippen LogP contribution in [-0.2, 0) is 0 Å². The number of aromatic nitrogens is 4. The van der Waals surface area contributed by atoms with Gasteiger partial charge in [-0.05, 0) is 41.8 Å². The van der Waals surface area contributed by atoms with E-state index >= 15 is 0 Å². The van der Waals surface area contributed by atoms with E-state index in [2.05, 4.69) is 167 Å². The van der Waals surface area contributed by atoms with Gasteiger partial charge in [0, 0.05) is 38.1 Å². The van der Waals surface area contributed by atoms with E-state index in [9.17, 15) is 0 Å². The maximum Gasteiger partial charge on any atom is 0.235 e. The predicted octanol–water partition coefficient (Wildman–Crippen LogP) is 11.2. The SMILES string of the molecule is c1ccc(-c2cc(-c3ccccc3)nc(-n3c4ccccc4c4cc5c6ccccc6n(-c6cccc7ccccc67)c5cc43)n2)cc1. The molecule has 4 nitrogen and oxygen atoms in total. The number of hydrogen-bond acceptors (Lipinski definition) is 2. The molecule has 10 aromatic rings. The lowest BCUT2D eigenvalue weighted by Gasteiger charge is -2.13. The molecule has 224 valence electrons. The van der Waals surface area contributed by atoms with Crippen LogP contribution in [0.2, 0.25) is 0 Å². The maximum atomic E-state index is 5.26. The van der Waals surface area contributed by atoms with E-state index in [1.807, 2.05) is 12.1 Å². The lowest BCUT2D eigenvalue weighted by Crippen LogP contribution is -2.04. The molecule has 0 aliphatic heterocycles. The molecular weight excluding hydrogens is 585 g/mol. The third kappa shape index (κ3) is 4.03. The molecule has 3 heterocycles. The van der Waals surface area contributed by atoms with Crippen molar-refractivity contribution in [3.63, 3.8) is 0 Å². The van der Waals surface area contributed by atoms with E-state index in [4.69, 9.17) is 9.97 Å². The number of rotatable bonds is 4. The van der Waals surface area contributed by atoms with E-state index in [0.29, 0.717) is 5.95 Å². The van der Waals surface area contributed by atoms with Crippen molar-refractivity contribution >= 4 is 54.4 Å². The van der Waals surface area contributed by atoms with Gasteiger partial charge >= 0.3 is 0 Å². The third-order valence-corrected chi connectivity index (χ3v) is 9.53. The second-order valence-electron chi connectivity index (χ2n) is 12.3. The molecule has 4 heteroatoms. The zero-order chi connectivity index (χ0) is 31.6. The molecule has 0 bridgehead atoms. The topological polar surface area (TPSA) is 35.6 Å². The first-order chi connectivity index (χ1) is 23.8. The largest absolute Gasteiger partial charge is 0.309 e. The summed E-state index contributed by atoms with van der Waals surface area (Å²) >= 11 is 0. The van der Waals surface area contributed by atoms with Crippen LogP contribution in [0, 0.1) is 0 Å². The molecule has 3 aromatic heterocycles. The monoisotopic (exact) mass is 612 g/mol. The molecule has 10 rings (SSSR count). The van der Waals surface area contributed by atoms with Crippen molar-refractivity contribution < 1.29 is 0 Å². The first-order valence-electron chi connectivity index (χ1n) is 16.3. The highest BCUT2D eigenvalue weighted by molar-refractivity contribution is 6.19. The summed E-state index contributed by atoms with van der Waals surface area (Å²) in [6, 6.07) is 60.1. The molecule has 0 fully saturated rings. The van der Waals surface area contributed by atoms with Crippen molar-refractivity contribution in [2.75, 3.05) is 0 Å². The molecule has 48 heavy (non-hydrogen) atoms. The molecule has 0 aliphatic carbocycles. The van der Waals surface area contributed by atoms with Gasteiger partial charge in [0.1, 0.15) is 0 Å². The number of para-hydroxylation sites is 2. The van der Waals surface area contributed by atoms with Gasteiger partial charge in [0.05, 0.1) is 39.1 Å². The summed E-state index contributed by atoms with van der Waals surface area (Å²) in [5.74, 6) is 0.647. The molecule has 0 N–H and O–H groups in total. The van der Waals surface area contributed by atoms with Crippen LogP contribution in [0.25, 0.3) is 88.5 Å². The Morgan fingerprint density at radius 2 is 0.833 bits per heavy atom. The Kier molecular flexibility index (Phi) is 5.84. The summed E-state index contributed by atoms with van der Waals surface area (Å²) in [4.78, 5) is 10.5. The molecule has 0 aliphatic rings.